The van der Waals surface area contributed by atoms with Crippen LogP contribution in [0.4, 0.5) is 4.39 Å². The highest BCUT2D eigenvalue weighted by Crippen LogP contribution is 2.39. The molecule has 11 nitrogen and oxygen atoms in total. The van der Waals surface area contributed by atoms with Gasteiger partial charge in [-0.15, -0.1) is 0 Å². The number of methoxy groups -OCH3 is 1. The number of pyridine rings is 3. The molecular weight excluding hydrogens is 675 g/mol. The summed E-state index contributed by atoms with van der Waals surface area (Å²) >= 11 is 0. The quantitative estimate of drug-likeness (QED) is 0.137. The molecule has 1 aromatic carbocycles. The van der Waals surface area contributed by atoms with E-state index in [9.17, 15) is 14.9 Å². The van der Waals surface area contributed by atoms with Crippen molar-refractivity contribution in [2.45, 2.75) is 85.0 Å². The van der Waals surface area contributed by atoms with Gasteiger partial charge in [-0.2, -0.15) is 5.26 Å². The number of hydrogen-bond donors (Lipinski definition) is 2. The van der Waals surface area contributed by atoms with E-state index in [4.69, 9.17) is 14.2 Å². The molecule has 3 heterocycles. The fourth-order valence-corrected chi connectivity index (χ4v) is 6.38. The highest BCUT2D eigenvalue weighted by atomic mass is 19.1. The van der Waals surface area contributed by atoms with Crippen molar-refractivity contribution in [1.82, 2.24) is 25.6 Å². The van der Waals surface area contributed by atoms with Gasteiger partial charge in [0, 0.05) is 43.4 Å². The molecule has 1 aliphatic rings. The summed E-state index contributed by atoms with van der Waals surface area (Å²) in [6, 6.07) is 13.7. The smallest absolute Gasteiger partial charge is 0.257 e. The molecule has 1 saturated carbocycles. The number of rotatable bonds is 14. The molecule has 2 N–H and O–H groups in total. The number of halogens is 1. The molecule has 278 valence electrons. The molecule has 0 bridgehead atoms. The number of benzene rings is 1. The van der Waals surface area contributed by atoms with E-state index in [0.29, 0.717) is 29.0 Å². The predicted molar refractivity (Wildman–Crippen MR) is 197 cm³/mol. The molecule has 2 unspecified atom stereocenters. The SMILES string of the molecule is COc1cc(C(=O)NCCC(C)(C)C)cnc1OCc1ccc(C2CCCC([C@@H](C)NC(=O)c3cnc(OCc4ccncc4)c(C#N)c3)C2)c(F)c1. The normalized spacial score (nSPS) is 16.2. The minimum Gasteiger partial charge on any atom is -0.491 e. The largest absolute Gasteiger partial charge is 0.491 e. The van der Waals surface area contributed by atoms with Crippen molar-refractivity contribution in [2.24, 2.45) is 11.3 Å². The zero-order chi connectivity index (χ0) is 38.0. The molecule has 12 heteroatoms. The van der Waals surface area contributed by atoms with Gasteiger partial charge in [0.2, 0.25) is 5.88 Å². The van der Waals surface area contributed by atoms with Gasteiger partial charge in [-0.05, 0) is 90.8 Å². The molecule has 3 aromatic heterocycles. The highest BCUT2D eigenvalue weighted by Gasteiger charge is 2.30. The maximum absolute atomic E-state index is 15.6. The number of nitrogens with one attached hydrogen (secondary N) is 2. The minimum absolute atomic E-state index is 0.00407. The second-order valence-corrected chi connectivity index (χ2v) is 14.7. The standard InChI is InChI=1S/C41H47FN6O5/c1-26(48-38(50)32-19-31(21-43)39(46-22-32)52-24-27-11-14-44-15-12-27)29-7-6-8-30(18-29)34-10-9-28(17-35(34)42)25-53-40-36(51-5)20-33(23-47-40)37(49)45-16-13-41(2,3)4/h9-12,14-15,17,19-20,22-23,26,29-30H,6-8,13,16,18,24-25H2,1-5H3,(H,45,49)(H,48,50)/t26-,29?,30?/m1/s1. The van der Waals surface area contributed by atoms with Crippen LogP contribution < -0.4 is 24.8 Å². The number of amides is 2. The van der Waals surface area contributed by atoms with Crippen molar-refractivity contribution in [1.29, 1.82) is 5.26 Å². The second kappa shape index (κ2) is 17.8. The topological polar surface area (TPSA) is 148 Å². The zero-order valence-electron chi connectivity index (χ0n) is 30.9. The Balaban J connectivity index is 1.15. The van der Waals surface area contributed by atoms with Gasteiger partial charge in [-0.1, -0.05) is 39.3 Å². The molecule has 1 aliphatic carbocycles. The van der Waals surface area contributed by atoms with Crippen LogP contribution in [0.3, 0.4) is 0 Å². The van der Waals surface area contributed by atoms with Crippen LogP contribution in [-0.2, 0) is 13.2 Å². The van der Waals surface area contributed by atoms with Gasteiger partial charge >= 0.3 is 0 Å². The number of carbonyl (C=O) groups is 2. The second-order valence-electron chi connectivity index (χ2n) is 14.7. The average molecular weight is 723 g/mol. The predicted octanol–water partition coefficient (Wildman–Crippen LogP) is 7.31. The zero-order valence-corrected chi connectivity index (χ0v) is 30.9. The van der Waals surface area contributed by atoms with Crippen LogP contribution in [0, 0.1) is 28.5 Å². The lowest BCUT2D eigenvalue weighted by molar-refractivity contribution is 0.0914. The van der Waals surface area contributed by atoms with Crippen molar-refractivity contribution in [3.05, 3.63) is 106 Å². The number of ether oxygens (including phenoxy) is 3. The van der Waals surface area contributed by atoms with E-state index >= 15 is 4.39 Å². The lowest BCUT2D eigenvalue weighted by Gasteiger charge is -2.34. The Morgan fingerprint density at radius 3 is 2.36 bits per heavy atom. The first-order valence-electron chi connectivity index (χ1n) is 17.9. The maximum Gasteiger partial charge on any atom is 0.257 e. The first kappa shape index (κ1) is 38.7. The molecule has 0 spiro atoms. The Morgan fingerprint density at radius 1 is 0.962 bits per heavy atom. The summed E-state index contributed by atoms with van der Waals surface area (Å²) in [5.74, 6) is -0.0845. The molecular formula is C41H47FN6O5. The van der Waals surface area contributed by atoms with E-state index in [1.165, 1.54) is 31.6 Å². The van der Waals surface area contributed by atoms with Crippen LogP contribution in [0.25, 0.3) is 0 Å². The Bertz CT molecular complexity index is 1930. The van der Waals surface area contributed by atoms with Crippen LogP contribution in [-0.4, -0.2) is 46.5 Å². The molecule has 0 aliphatic heterocycles. The first-order valence-corrected chi connectivity index (χ1v) is 17.9. The van der Waals surface area contributed by atoms with E-state index in [1.54, 1.807) is 18.5 Å². The van der Waals surface area contributed by atoms with Gasteiger partial charge in [-0.3, -0.25) is 14.6 Å². The molecule has 3 atom stereocenters. The van der Waals surface area contributed by atoms with Crippen LogP contribution in [0.1, 0.15) is 109 Å². The van der Waals surface area contributed by atoms with Gasteiger partial charge in [0.25, 0.3) is 17.7 Å². The molecule has 1 fully saturated rings. The van der Waals surface area contributed by atoms with Gasteiger partial charge < -0.3 is 24.8 Å². The van der Waals surface area contributed by atoms with Gasteiger partial charge in [0.1, 0.15) is 30.7 Å². The summed E-state index contributed by atoms with van der Waals surface area (Å²) in [6.07, 6.45) is 10.4. The van der Waals surface area contributed by atoms with E-state index in [0.717, 1.165) is 37.7 Å². The molecule has 2 amide bonds. The van der Waals surface area contributed by atoms with Gasteiger partial charge in [0.05, 0.1) is 18.2 Å². The molecule has 53 heavy (non-hydrogen) atoms. The summed E-state index contributed by atoms with van der Waals surface area (Å²) < 4.78 is 32.6. The number of nitrogens with zero attached hydrogens (tertiary/aromatic N) is 4. The Labute approximate surface area is 310 Å². The Hall–Kier alpha value is -5.57. The van der Waals surface area contributed by atoms with Crippen molar-refractivity contribution in [3.63, 3.8) is 0 Å². The minimum atomic E-state index is -0.333. The Morgan fingerprint density at radius 2 is 1.66 bits per heavy atom. The van der Waals surface area contributed by atoms with Crippen LogP contribution in [0.15, 0.2) is 67.3 Å². The van der Waals surface area contributed by atoms with E-state index in [2.05, 4.69) is 52.4 Å². The molecule has 0 saturated heterocycles. The molecule has 4 aromatic rings. The average Bonchev–Trinajstić information content (AvgIpc) is 3.16. The van der Waals surface area contributed by atoms with Crippen molar-refractivity contribution >= 4 is 11.8 Å². The highest BCUT2D eigenvalue weighted by molar-refractivity contribution is 5.95. The summed E-state index contributed by atoms with van der Waals surface area (Å²) in [5.41, 5.74) is 3.05. The number of aromatic nitrogens is 3. The molecule has 5 rings (SSSR count). The van der Waals surface area contributed by atoms with Gasteiger partial charge in [0.15, 0.2) is 5.75 Å². The van der Waals surface area contributed by atoms with Crippen LogP contribution in [0.2, 0.25) is 0 Å². The Kier molecular flexibility index (Phi) is 13.0. The van der Waals surface area contributed by atoms with Crippen molar-refractivity contribution in [2.75, 3.05) is 13.7 Å². The van der Waals surface area contributed by atoms with Crippen LogP contribution >= 0.6 is 0 Å². The van der Waals surface area contributed by atoms with E-state index in [1.807, 2.05) is 31.2 Å². The van der Waals surface area contributed by atoms with E-state index < -0.39 is 0 Å². The number of carbonyl (C=O) groups excluding carboxylic acids is 2. The fourth-order valence-electron chi connectivity index (χ4n) is 6.38. The van der Waals surface area contributed by atoms with Gasteiger partial charge in [-0.25, -0.2) is 14.4 Å². The number of hydrogen-bond acceptors (Lipinski definition) is 9. The summed E-state index contributed by atoms with van der Waals surface area (Å²) in [6.45, 7) is 9.13. The van der Waals surface area contributed by atoms with Crippen molar-refractivity contribution < 1.29 is 28.2 Å². The lowest BCUT2D eigenvalue weighted by Crippen LogP contribution is -2.39. The third-order valence-corrected chi connectivity index (χ3v) is 9.48. The summed E-state index contributed by atoms with van der Waals surface area (Å²) in [4.78, 5) is 38.3. The van der Waals surface area contributed by atoms with Crippen molar-refractivity contribution in [3.8, 4) is 23.6 Å². The first-order chi connectivity index (χ1) is 25.4. The summed E-state index contributed by atoms with van der Waals surface area (Å²) in [5, 5.41) is 15.7. The van der Waals surface area contributed by atoms with Crippen LogP contribution in [0.5, 0.6) is 17.5 Å². The molecule has 0 radical (unpaired) electrons. The third kappa shape index (κ3) is 10.7. The van der Waals surface area contributed by atoms with E-state index in [-0.39, 0.29) is 77.0 Å². The monoisotopic (exact) mass is 722 g/mol. The third-order valence-electron chi connectivity index (χ3n) is 9.48. The summed E-state index contributed by atoms with van der Waals surface area (Å²) in [7, 11) is 1.48. The fraction of sp³-hybridized carbons (Fsp3) is 0.415. The maximum atomic E-state index is 15.6. The number of nitriles is 1. The lowest BCUT2D eigenvalue weighted by atomic mass is 9.75.